The van der Waals surface area contributed by atoms with Gasteiger partial charge in [-0.1, -0.05) is 6.07 Å². The molecule has 1 heterocycles. The van der Waals surface area contributed by atoms with Gasteiger partial charge in [-0.15, -0.1) is 0 Å². The van der Waals surface area contributed by atoms with Crippen molar-refractivity contribution in [1.29, 1.82) is 0 Å². The van der Waals surface area contributed by atoms with E-state index >= 15 is 0 Å². The molecule has 2 aromatic rings. The van der Waals surface area contributed by atoms with Gasteiger partial charge in [0, 0.05) is 17.4 Å². The molecule has 1 aromatic carbocycles. The molecule has 2 N–H and O–H groups in total. The fourth-order valence-corrected chi connectivity index (χ4v) is 1.26. The molecule has 4 nitrogen and oxygen atoms in total. The Morgan fingerprint density at radius 2 is 2.13 bits per heavy atom. The zero-order valence-corrected chi connectivity index (χ0v) is 8.31. The molecule has 0 amide bonds. The molecule has 1 aromatic heterocycles. The van der Waals surface area contributed by atoms with E-state index < -0.39 is 0 Å². The summed E-state index contributed by atoms with van der Waals surface area (Å²) < 4.78 is 0. The highest BCUT2D eigenvalue weighted by Gasteiger charge is 2.02. The Morgan fingerprint density at radius 1 is 1.27 bits per heavy atom. The molecule has 0 saturated heterocycles. The molecule has 0 unspecified atom stereocenters. The van der Waals surface area contributed by atoms with Crippen LogP contribution >= 0.6 is 0 Å². The van der Waals surface area contributed by atoms with E-state index in [9.17, 15) is 5.11 Å². The first-order valence-electron chi connectivity index (χ1n) is 4.59. The van der Waals surface area contributed by atoms with E-state index in [1.807, 2.05) is 13.0 Å². The van der Waals surface area contributed by atoms with Gasteiger partial charge >= 0.3 is 0 Å². The molecule has 15 heavy (non-hydrogen) atoms. The maximum atomic E-state index is 9.51. The van der Waals surface area contributed by atoms with Crippen LogP contribution in [0.1, 0.15) is 5.56 Å². The number of phenolic OH excluding ortho intramolecular Hbond substituents is 1. The van der Waals surface area contributed by atoms with Crippen LogP contribution in [-0.2, 0) is 0 Å². The average molecular weight is 201 g/mol. The zero-order chi connectivity index (χ0) is 10.7. The molecule has 0 aliphatic carbocycles. The molecule has 0 aliphatic heterocycles. The van der Waals surface area contributed by atoms with Crippen molar-refractivity contribution in [3.8, 4) is 5.75 Å². The number of nitrogens with zero attached hydrogens (tertiary/aromatic N) is 2. The Hall–Kier alpha value is -2.10. The van der Waals surface area contributed by atoms with Crippen LogP contribution < -0.4 is 5.32 Å². The Balaban J connectivity index is 2.29. The topological polar surface area (TPSA) is 58.0 Å². The first kappa shape index (κ1) is 9.45. The molecule has 4 heteroatoms. The van der Waals surface area contributed by atoms with Crippen molar-refractivity contribution in [3.05, 3.63) is 42.4 Å². The van der Waals surface area contributed by atoms with Gasteiger partial charge in [-0.3, -0.25) is 0 Å². The van der Waals surface area contributed by atoms with Crippen LogP contribution in [0.5, 0.6) is 5.75 Å². The highest BCUT2D eigenvalue weighted by Crippen LogP contribution is 2.25. The van der Waals surface area contributed by atoms with E-state index in [0.717, 1.165) is 11.3 Å². The number of aromatic nitrogens is 2. The molecule has 0 fully saturated rings. The van der Waals surface area contributed by atoms with Crippen LogP contribution in [0.15, 0.2) is 36.8 Å². The predicted octanol–water partition coefficient (Wildman–Crippen LogP) is 2.23. The predicted molar refractivity (Wildman–Crippen MR) is 58.2 cm³/mol. The van der Waals surface area contributed by atoms with Gasteiger partial charge in [0.25, 0.3) is 0 Å². The van der Waals surface area contributed by atoms with Crippen molar-refractivity contribution in [2.45, 2.75) is 6.92 Å². The van der Waals surface area contributed by atoms with E-state index in [1.165, 1.54) is 6.33 Å². The van der Waals surface area contributed by atoms with Crippen LogP contribution in [0, 0.1) is 6.92 Å². The highest BCUT2D eigenvalue weighted by atomic mass is 16.3. The maximum absolute atomic E-state index is 9.51. The number of rotatable bonds is 2. The van der Waals surface area contributed by atoms with Crippen molar-refractivity contribution in [1.82, 2.24) is 9.97 Å². The average Bonchev–Trinajstić information content (AvgIpc) is 2.26. The van der Waals surface area contributed by atoms with Crippen molar-refractivity contribution < 1.29 is 5.11 Å². The summed E-state index contributed by atoms with van der Waals surface area (Å²) in [6.07, 6.45) is 3.13. The normalized spacial score (nSPS) is 9.93. The minimum Gasteiger partial charge on any atom is -0.508 e. The fourth-order valence-electron chi connectivity index (χ4n) is 1.26. The highest BCUT2D eigenvalue weighted by molar-refractivity contribution is 5.63. The molecule has 0 spiro atoms. The molecule has 0 aliphatic rings. The number of aromatic hydroxyl groups is 1. The lowest BCUT2D eigenvalue weighted by atomic mass is 10.2. The third-order valence-corrected chi connectivity index (χ3v) is 2.15. The number of anilines is 2. The van der Waals surface area contributed by atoms with Gasteiger partial charge in [0.05, 0.1) is 0 Å². The summed E-state index contributed by atoms with van der Waals surface area (Å²) in [5.41, 5.74) is 1.64. The van der Waals surface area contributed by atoms with Gasteiger partial charge in [0.15, 0.2) is 0 Å². The van der Waals surface area contributed by atoms with Gasteiger partial charge < -0.3 is 10.4 Å². The second-order valence-electron chi connectivity index (χ2n) is 3.17. The second kappa shape index (κ2) is 3.96. The lowest BCUT2D eigenvalue weighted by Gasteiger charge is -2.08. The second-order valence-corrected chi connectivity index (χ2v) is 3.17. The Bertz CT molecular complexity index is 457. The van der Waals surface area contributed by atoms with Gasteiger partial charge in [0.1, 0.15) is 17.9 Å². The van der Waals surface area contributed by atoms with Crippen LogP contribution in [0.3, 0.4) is 0 Å². The summed E-state index contributed by atoms with van der Waals surface area (Å²) in [6, 6.07) is 7.09. The standard InChI is InChI=1S/C11H11N3O/c1-8-9(3-2-4-10(8)15)14-11-5-6-12-7-13-11/h2-7,15H,1H3,(H,12,13,14). The largest absolute Gasteiger partial charge is 0.508 e. The molecule has 76 valence electrons. The van der Waals surface area contributed by atoms with E-state index in [1.54, 1.807) is 24.4 Å². The quantitative estimate of drug-likeness (QED) is 0.782. The van der Waals surface area contributed by atoms with Crippen LogP contribution in [-0.4, -0.2) is 15.1 Å². The van der Waals surface area contributed by atoms with Gasteiger partial charge in [-0.05, 0) is 25.1 Å². The van der Waals surface area contributed by atoms with Gasteiger partial charge in [-0.25, -0.2) is 9.97 Å². The lowest BCUT2D eigenvalue weighted by Crippen LogP contribution is -1.95. The molecule has 0 radical (unpaired) electrons. The number of hydrogen-bond donors (Lipinski definition) is 2. The smallest absolute Gasteiger partial charge is 0.133 e. The van der Waals surface area contributed by atoms with Crippen molar-refractivity contribution in [3.63, 3.8) is 0 Å². The summed E-state index contributed by atoms with van der Waals surface area (Å²) in [7, 11) is 0. The zero-order valence-electron chi connectivity index (χ0n) is 8.31. The minimum atomic E-state index is 0.272. The summed E-state index contributed by atoms with van der Waals surface area (Å²) in [6.45, 7) is 1.85. The van der Waals surface area contributed by atoms with Crippen LogP contribution in [0.2, 0.25) is 0 Å². The van der Waals surface area contributed by atoms with Gasteiger partial charge in [0.2, 0.25) is 0 Å². The number of nitrogens with one attached hydrogen (secondary N) is 1. The fraction of sp³-hybridized carbons (Fsp3) is 0.0909. The summed E-state index contributed by atoms with van der Waals surface area (Å²) >= 11 is 0. The molecule has 0 atom stereocenters. The Kier molecular flexibility index (Phi) is 2.49. The Labute approximate surface area is 87.6 Å². The molecular formula is C11H11N3O. The molecule has 0 bridgehead atoms. The van der Waals surface area contributed by atoms with Crippen LogP contribution in [0.4, 0.5) is 11.5 Å². The molecular weight excluding hydrogens is 190 g/mol. The first-order chi connectivity index (χ1) is 7.27. The minimum absolute atomic E-state index is 0.272. The van der Waals surface area contributed by atoms with E-state index in [2.05, 4.69) is 15.3 Å². The molecule has 0 saturated carbocycles. The summed E-state index contributed by atoms with van der Waals surface area (Å²) in [4.78, 5) is 7.87. The SMILES string of the molecule is Cc1c(O)cccc1Nc1ccncn1. The summed E-state index contributed by atoms with van der Waals surface area (Å²) in [5, 5.41) is 12.6. The summed E-state index contributed by atoms with van der Waals surface area (Å²) in [5.74, 6) is 0.979. The van der Waals surface area contributed by atoms with Crippen molar-refractivity contribution >= 4 is 11.5 Å². The number of phenols is 1. The van der Waals surface area contributed by atoms with E-state index in [4.69, 9.17) is 0 Å². The van der Waals surface area contributed by atoms with Crippen molar-refractivity contribution in [2.24, 2.45) is 0 Å². The van der Waals surface area contributed by atoms with Crippen LogP contribution in [0.25, 0.3) is 0 Å². The first-order valence-corrected chi connectivity index (χ1v) is 4.59. The maximum Gasteiger partial charge on any atom is 0.133 e. The molecule has 2 rings (SSSR count). The lowest BCUT2D eigenvalue weighted by molar-refractivity contribution is 0.471. The van der Waals surface area contributed by atoms with Gasteiger partial charge in [-0.2, -0.15) is 0 Å². The third kappa shape index (κ3) is 2.04. The monoisotopic (exact) mass is 201 g/mol. The van der Waals surface area contributed by atoms with Crippen molar-refractivity contribution in [2.75, 3.05) is 5.32 Å². The number of benzene rings is 1. The van der Waals surface area contributed by atoms with E-state index in [0.29, 0.717) is 5.82 Å². The van der Waals surface area contributed by atoms with E-state index in [-0.39, 0.29) is 5.75 Å². The third-order valence-electron chi connectivity index (χ3n) is 2.15. The Morgan fingerprint density at radius 3 is 2.87 bits per heavy atom. The number of hydrogen-bond acceptors (Lipinski definition) is 4.